The summed E-state index contributed by atoms with van der Waals surface area (Å²) in [6, 6.07) is 14.6. The smallest absolute Gasteiger partial charge is 0.241 e. The van der Waals surface area contributed by atoms with E-state index in [1.165, 1.54) is 6.26 Å². The number of hydrogen-bond acceptors (Lipinski definition) is 7. The van der Waals surface area contributed by atoms with Gasteiger partial charge in [-0.05, 0) is 58.8 Å². The van der Waals surface area contributed by atoms with Crippen molar-refractivity contribution in [1.82, 2.24) is 14.5 Å². The van der Waals surface area contributed by atoms with Crippen molar-refractivity contribution in [2.45, 2.75) is 25.6 Å². The first-order valence-electron chi connectivity index (χ1n) is 12.3. The zero-order valence-electron chi connectivity index (χ0n) is 21.5. The molecule has 3 aromatic rings. The van der Waals surface area contributed by atoms with Gasteiger partial charge in [-0.3, -0.25) is 9.69 Å². The van der Waals surface area contributed by atoms with Crippen molar-refractivity contribution in [2.24, 2.45) is 0 Å². The van der Waals surface area contributed by atoms with Gasteiger partial charge in [0.2, 0.25) is 5.91 Å². The van der Waals surface area contributed by atoms with Crippen molar-refractivity contribution in [3.8, 4) is 11.8 Å². The highest BCUT2D eigenvalue weighted by Gasteiger charge is 2.34. The zero-order chi connectivity index (χ0) is 28.0. The molecule has 39 heavy (non-hydrogen) atoms. The van der Waals surface area contributed by atoms with Crippen molar-refractivity contribution in [1.29, 1.82) is 5.26 Å². The number of rotatable bonds is 11. The maximum absolute atomic E-state index is 13.4. The molecule has 0 aliphatic carbocycles. The number of piperazine rings is 1. The van der Waals surface area contributed by atoms with E-state index in [4.69, 9.17) is 10.00 Å². The van der Waals surface area contributed by atoms with E-state index in [-0.39, 0.29) is 30.9 Å². The molecule has 12 heteroatoms. The predicted molar refractivity (Wildman–Crippen MR) is 154 cm³/mol. The lowest BCUT2D eigenvalue weighted by atomic mass is 10.1. The van der Waals surface area contributed by atoms with E-state index in [9.17, 15) is 17.6 Å². The van der Waals surface area contributed by atoms with E-state index in [0.717, 1.165) is 14.8 Å². The molecule has 1 aliphatic rings. The normalized spacial score (nSPS) is 16.3. The third kappa shape index (κ3) is 8.00. The fourth-order valence-electron chi connectivity index (χ4n) is 4.53. The third-order valence-electron chi connectivity index (χ3n) is 6.48. The van der Waals surface area contributed by atoms with Crippen molar-refractivity contribution in [2.75, 3.05) is 43.3 Å². The van der Waals surface area contributed by atoms with Crippen LogP contribution >= 0.6 is 22.6 Å². The molecule has 1 saturated heterocycles. The molecular formula is C27H29FIN5O4S. The van der Waals surface area contributed by atoms with E-state index in [0.29, 0.717) is 43.1 Å². The van der Waals surface area contributed by atoms with Gasteiger partial charge in [-0.2, -0.15) is 5.26 Å². The molecule has 206 valence electrons. The molecule has 0 bridgehead atoms. The van der Waals surface area contributed by atoms with E-state index in [1.807, 2.05) is 27.7 Å². The molecule has 9 nitrogen and oxygen atoms in total. The van der Waals surface area contributed by atoms with Crippen LogP contribution < -0.4 is 9.64 Å². The van der Waals surface area contributed by atoms with Crippen molar-refractivity contribution in [3.05, 3.63) is 75.4 Å². The van der Waals surface area contributed by atoms with Crippen molar-refractivity contribution >= 4 is 44.0 Å². The maximum Gasteiger partial charge on any atom is 0.241 e. The number of amides is 1. The molecule has 0 saturated carbocycles. The van der Waals surface area contributed by atoms with Crippen LogP contribution in [-0.4, -0.2) is 73.2 Å². The van der Waals surface area contributed by atoms with Crippen LogP contribution in [0, 0.1) is 14.9 Å². The average molecular weight is 665 g/mol. The average Bonchev–Trinajstić information content (AvgIpc) is 3.32. The van der Waals surface area contributed by atoms with Crippen LogP contribution in [0.2, 0.25) is 0 Å². The largest absolute Gasteiger partial charge is 0.491 e. The highest BCUT2D eigenvalue weighted by Crippen LogP contribution is 2.29. The predicted octanol–water partition coefficient (Wildman–Crippen LogP) is 3.41. The van der Waals surface area contributed by atoms with Crippen LogP contribution in [0.15, 0.2) is 55.0 Å². The summed E-state index contributed by atoms with van der Waals surface area (Å²) in [4.78, 5) is 21.3. The van der Waals surface area contributed by atoms with Gasteiger partial charge in [0, 0.05) is 53.5 Å². The first-order chi connectivity index (χ1) is 18.6. The topological polar surface area (TPSA) is 109 Å². The number of nitrogens with zero attached hydrogens (tertiary/aromatic N) is 5. The van der Waals surface area contributed by atoms with E-state index in [1.54, 1.807) is 41.7 Å². The summed E-state index contributed by atoms with van der Waals surface area (Å²) in [5.41, 5.74) is 3.12. The van der Waals surface area contributed by atoms with Gasteiger partial charge >= 0.3 is 0 Å². The molecule has 0 radical (unpaired) electrons. The standard InChI is InChI=1S/C27H29FIN5O4S/c1-39(36,37)9-6-23-17-34(24-10-22(29)11-26(12-24)38-8-7-28)27(35)18-32(23)16-25-14-31-19-33(25)15-21-4-2-20(13-30)3-5-21/h2-5,10-12,14,19,23H,6-9,15-18H2,1H3/t23-/m0/s1/i28-1,29+0. The van der Waals surface area contributed by atoms with Gasteiger partial charge in [-0.25, -0.2) is 17.8 Å². The summed E-state index contributed by atoms with van der Waals surface area (Å²) in [5.74, 6) is 0.351. The number of imidazole rings is 1. The van der Waals surface area contributed by atoms with Crippen LogP contribution in [0.25, 0.3) is 0 Å². The molecule has 4 rings (SSSR count). The SMILES string of the molecule is CS(=O)(=O)CC[C@H]1CN(c2cc([127I])cc(OCC[18F])c2)C(=O)CN1Cc1cncn1Cc1ccc(C#N)cc1. The number of anilines is 1. The molecule has 2 heterocycles. The van der Waals surface area contributed by atoms with Crippen molar-refractivity contribution < 1.29 is 22.3 Å². The fraction of sp³-hybridized carbons (Fsp3) is 0.370. The number of sulfone groups is 1. The second-order valence-corrected chi connectivity index (χ2v) is 13.0. The number of hydrogen-bond donors (Lipinski definition) is 0. The second kappa shape index (κ2) is 12.9. The van der Waals surface area contributed by atoms with E-state index in [2.05, 4.69) is 33.6 Å². The fourth-order valence-corrected chi connectivity index (χ4v) is 5.86. The van der Waals surface area contributed by atoms with Gasteiger partial charge in [0.05, 0.1) is 36.0 Å². The third-order valence-corrected chi connectivity index (χ3v) is 8.08. The Balaban J connectivity index is 1.55. The van der Waals surface area contributed by atoms with Gasteiger partial charge in [0.15, 0.2) is 0 Å². The Hall–Kier alpha value is -3.02. The Morgan fingerprint density at radius 1 is 1.21 bits per heavy atom. The summed E-state index contributed by atoms with van der Waals surface area (Å²) >= 11 is 2.13. The monoisotopic (exact) mass is 664 g/mol. The number of alkyl halides is 1. The maximum atomic E-state index is 13.4. The number of halogens is 2. The lowest BCUT2D eigenvalue weighted by Crippen LogP contribution is -2.56. The number of carbonyl (C=O) groups excluding carboxylic acids is 1. The zero-order valence-corrected chi connectivity index (χ0v) is 24.4. The Bertz CT molecular complexity index is 1460. The molecule has 1 fully saturated rings. The van der Waals surface area contributed by atoms with Crippen LogP contribution in [-0.2, 0) is 27.7 Å². The minimum absolute atomic E-state index is 0.00210. The Morgan fingerprint density at radius 3 is 2.67 bits per heavy atom. The minimum atomic E-state index is -3.21. The Morgan fingerprint density at radius 2 is 1.97 bits per heavy atom. The molecule has 1 atom stereocenters. The minimum Gasteiger partial charge on any atom is -0.491 e. The molecule has 0 N–H and O–H groups in total. The van der Waals surface area contributed by atoms with Crippen molar-refractivity contribution in [3.63, 3.8) is 0 Å². The van der Waals surface area contributed by atoms with Gasteiger partial charge in [-0.1, -0.05) is 12.1 Å². The van der Waals surface area contributed by atoms with Gasteiger partial charge < -0.3 is 14.2 Å². The van der Waals surface area contributed by atoms with Crippen LogP contribution in [0.5, 0.6) is 5.75 Å². The van der Waals surface area contributed by atoms with E-state index >= 15 is 0 Å². The Kier molecular flexibility index (Phi) is 9.58. The first-order valence-corrected chi connectivity index (χ1v) is 15.5. The van der Waals surface area contributed by atoms with Crippen LogP contribution in [0.4, 0.5) is 10.1 Å². The lowest BCUT2D eigenvalue weighted by Gasteiger charge is -2.41. The highest BCUT2D eigenvalue weighted by molar-refractivity contribution is 14.1. The quantitative estimate of drug-likeness (QED) is 0.289. The summed E-state index contributed by atoms with van der Waals surface area (Å²) < 4.78 is 45.0. The summed E-state index contributed by atoms with van der Waals surface area (Å²) in [6.07, 6.45) is 5.05. The lowest BCUT2D eigenvalue weighted by molar-refractivity contribution is -0.122. The molecule has 0 spiro atoms. The number of benzene rings is 2. The molecule has 2 aromatic carbocycles. The number of ether oxygens (including phenoxy) is 1. The van der Waals surface area contributed by atoms with Gasteiger partial charge in [-0.15, -0.1) is 0 Å². The molecule has 1 amide bonds. The van der Waals surface area contributed by atoms with Gasteiger partial charge in [0.1, 0.15) is 28.9 Å². The van der Waals surface area contributed by atoms with Crippen LogP contribution in [0.3, 0.4) is 0 Å². The molecule has 0 unspecified atom stereocenters. The summed E-state index contributed by atoms with van der Waals surface area (Å²) in [5, 5.41) is 9.05. The number of carbonyl (C=O) groups is 1. The highest BCUT2D eigenvalue weighted by atomic mass is 127. The number of nitriles is 1. The first kappa shape index (κ1) is 29.0. The molecule has 1 aromatic heterocycles. The van der Waals surface area contributed by atoms with E-state index < -0.39 is 16.5 Å². The molecule has 1 aliphatic heterocycles. The second-order valence-electron chi connectivity index (χ2n) is 9.49. The van der Waals surface area contributed by atoms with Crippen LogP contribution in [0.1, 0.15) is 23.2 Å². The molecular weight excluding hydrogens is 635 g/mol. The number of aromatic nitrogens is 2. The Labute approximate surface area is 241 Å². The summed E-state index contributed by atoms with van der Waals surface area (Å²) in [6.45, 7) is 0.681. The van der Waals surface area contributed by atoms with Gasteiger partial charge in [0.25, 0.3) is 0 Å². The summed E-state index contributed by atoms with van der Waals surface area (Å²) in [7, 11) is -3.21.